The number of nitrogens with zero attached hydrogens (tertiary/aromatic N) is 2. The van der Waals surface area contributed by atoms with Crippen molar-refractivity contribution in [3.8, 4) is 0 Å². The Balaban J connectivity index is 2.29. The first kappa shape index (κ1) is 14.9. The summed E-state index contributed by atoms with van der Waals surface area (Å²) in [5.74, 6) is -1.18. The Hall–Kier alpha value is -2.50. The van der Waals surface area contributed by atoms with Crippen molar-refractivity contribution in [2.45, 2.75) is 13.5 Å². The van der Waals surface area contributed by atoms with Crippen LogP contribution in [0.25, 0.3) is 0 Å². The third-order valence-electron chi connectivity index (χ3n) is 3.19. The Morgan fingerprint density at radius 2 is 1.81 bits per heavy atom. The van der Waals surface area contributed by atoms with E-state index in [4.69, 9.17) is 0 Å². The first-order valence-corrected chi connectivity index (χ1v) is 6.45. The predicted octanol–water partition coefficient (Wildman–Crippen LogP) is 3.90. The van der Waals surface area contributed by atoms with Gasteiger partial charge in [0.25, 0.3) is 0 Å². The van der Waals surface area contributed by atoms with Gasteiger partial charge in [0.05, 0.1) is 4.92 Å². The van der Waals surface area contributed by atoms with Crippen molar-refractivity contribution in [1.29, 1.82) is 0 Å². The van der Waals surface area contributed by atoms with Gasteiger partial charge < -0.3 is 4.90 Å². The second kappa shape index (κ2) is 6.30. The lowest BCUT2D eigenvalue weighted by atomic mass is 10.1. The molecule has 0 saturated carbocycles. The smallest absolute Gasteiger partial charge is 0.305 e. The van der Waals surface area contributed by atoms with Crippen molar-refractivity contribution >= 4 is 11.4 Å². The molecule has 0 heterocycles. The van der Waals surface area contributed by atoms with Gasteiger partial charge in [0.15, 0.2) is 0 Å². The van der Waals surface area contributed by atoms with Gasteiger partial charge in [0, 0.05) is 30.4 Å². The molecule has 2 aromatic rings. The van der Waals surface area contributed by atoms with Gasteiger partial charge in [-0.25, -0.2) is 4.39 Å². The largest absolute Gasteiger partial charge is 0.367 e. The van der Waals surface area contributed by atoms with Gasteiger partial charge in [0.2, 0.25) is 5.82 Å². The lowest BCUT2D eigenvalue weighted by Gasteiger charge is -2.23. The van der Waals surface area contributed by atoms with E-state index in [1.165, 1.54) is 24.3 Å². The molecule has 4 nitrogen and oxygen atoms in total. The summed E-state index contributed by atoms with van der Waals surface area (Å²) in [5.41, 5.74) is 0.419. The predicted molar refractivity (Wildman–Crippen MR) is 76.2 cm³/mol. The fourth-order valence-electron chi connectivity index (χ4n) is 2.07. The molecule has 2 rings (SSSR count). The Morgan fingerprint density at radius 3 is 2.38 bits per heavy atom. The highest BCUT2D eigenvalue weighted by Crippen LogP contribution is 2.23. The average molecular weight is 292 g/mol. The number of hydrogen-bond acceptors (Lipinski definition) is 3. The van der Waals surface area contributed by atoms with Crippen LogP contribution in [-0.4, -0.2) is 11.5 Å². The maximum Gasteiger partial charge on any atom is 0.305 e. The van der Waals surface area contributed by atoms with Crippen LogP contribution in [0.15, 0.2) is 42.5 Å². The molecule has 0 saturated heterocycles. The SMILES string of the molecule is CCN(Cc1cccc([N+](=O)[O-])c1F)c1ccc(F)cc1. The summed E-state index contributed by atoms with van der Waals surface area (Å²) in [7, 11) is 0. The van der Waals surface area contributed by atoms with Crippen molar-refractivity contribution in [3.05, 3.63) is 69.8 Å². The second-order valence-corrected chi connectivity index (χ2v) is 4.50. The third kappa shape index (κ3) is 3.34. The van der Waals surface area contributed by atoms with Crippen LogP contribution >= 0.6 is 0 Å². The molecule has 0 aliphatic rings. The standard InChI is InChI=1S/C15H14F2N2O2/c1-2-18(13-8-6-12(16)7-9-13)10-11-4-3-5-14(15(11)17)19(20)21/h3-9H,2,10H2,1H3. The number of nitro benzene ring substituents is 1. The van der Waals surface area contributed by atoms with Crippen molar-refractivity contribution in [2.75, 3.05) is 11.4 Å². The molecule has 0 unspecified atom stereocenters. The lowest BCUT2D eigenvalue weighted by molar-refractivity contribution is -0.387. The summed E-state index contributed by atoms with van der Waals surface area (Å²) in [6, 6.07) is 9.92. The molecule has 0 radical (unpaired) electrons. The van der Waals surface area contributed by atoms with E-state index < -0.39 is 16.4 Å². The molecular formula is C15H14F2N2O2. The van der Waals surface area contributed by atoms with E-state index in [0.717, 1.165) is 11.8 Å². The van der Waals surface area contributed by atoms with Gasteiger partial charge in [0.1, 0.15) is 5.82 Å². The van der Waals surface area contributed by atoms with Gasteiger partial charge >= 0.3 is 5.69 Å². The van der Waals surface area contributed by atoms with Crippen molar-refractivity contribution in [3.63, 3.8) is 0 Å². The molecule has 0 amide bonds. The van der Waals surface area contributed by atoms with Crippen LogP contribution in [0, 0.1) is 21.7 Å². The number of nitro groups is 1. The van der Waals surface area contributed by atoms with Gasteiger partial charge in [-0.05, 0) is 31.2 Å². The normalized spacial score (nSPS) is 10.4. The van der Waals surface area contributed by atoms with Gasteiger partial charge in [-0.15, -0.1) is 0 Å². The minimum atomic E-state index is -0.830. The van der Waals surface area contributed by atoms with Crippen LogP contribution in [0.3, 0.4) is 0 Å². The first-order chi connectivity index (χ1) is 10.0. The zero-order chi connectivity index (χ0) is 15.4. The monoisotopic (exact) mass is 292 g/mol. The Kier molecular flexibility index (Phi) is 4.47. The van der Waals surface area contributed by atoms with Crippen LogP contribution in [0.1, 0.15) is 12.5 Å². The average Bonchev–Trinajstić information content (AvgIpc) is 2.47. The molecule has 110 valence electrons. The van der Waals surface area contributed by atoms with E-state index in [2.05, 4.69) is 0 Å². The zero-order valence-corrected chi connectivity index (χ0v) is 11.4. The van der Waals surface area contributed by atoms with E-state index in [0.29, 0.717) is 6.54 Å². The topological polar surface area (TPSA) is 46.4 Å². The molecule has 6 heteroatoms. The number of halogens is 2. The van der Waals surface area contributed by atoms with Gasteiger partial charge in [-0.2, -0.15) is 4.39 Å². The Morgan fingerprint density at radius 1 is 1.14 bits per heavy atom. The van der Waals surface area contributed by atoms with Crippen LogP contribution < -0.4 is 4.90 Å². The fraction of sp³-hybridized carbons (Fsp3) is 0.200. The molecule has 21 heavy (non-hydrogen) atoms. The summed E-state index contributed by atoms with van der Waals surface area (Å²) >= 11 is 0. The van der Waals surface area contributed by atoms with E-state index in [-0.39, 0.29) is 17.9 Å². The molecule has 0 aromatic heterocycles. The molecule has 2 aromatic carbocycles. The minimum absolute atomic E-state index is 0.176. The molecule has 0 spiro atoms. The molecule has 0 aliphatic carbocycles. The highest BCUT2D eigenvalue weighted by Gasteiger charge is 2.18. The molecular weight excluding hydrogens is 278 g/mol. The van der Waals surface area contributed by atoms with Crippen molar-refractivity contribution in [1.82, 2.24) is 0 Å². The minimum Gasteiger partial charge on any atom is -0.367 e. The molecule has 0 N–H and O–H groups in total. The van der Waals surface area contributed by atoms with E-state index in [1.54, 1.807) is 12.1 Å². The summed E-state index contributed by atoms with van der Waals surface area (Å²) in [5, 5.41) is 10.7. The molecule has 0 fully saturated rings. The van der Waals surface area contributed by atoms with Crippen LogP contribution in [0.2, 0.25) is 0 Å². The summed E-state index contributed by atoms with van der Waals surface area (Å²) in [6.45, 7) is 2.61. The number of rotatable bonds is 5. The van der Waals surface area contributed by atoms with Crippen molar-refractivity contribution in [2.24, 2.45) is 0 Å². The lowest BCUT2D eigenvalue weighted by Crippen LogP contribution is -2.22. The first-order valence-electron chi connectivity index (χ1n) is 6.45. The molecule has 0 aliphatic heterocycles. The van der Waals surface area contributed by atoms with Gasteiger partial charge in [-0.3, -0.25) is 10.1 Å². The summed E-state index contributed by atoms with van der Waals surface area (Å²) in [6.07, 6.45) is 0. The van der Waals surface area contributed by atoms with E-state index >= 15 is 0 Å². The van der Waals surface area contributed by atoms with Crippen LogP contribution in [0.4, 0.5) is 20.2 Å². The van der Waals surface area contributed by atoms with Crippen molar-refractivity contribution < 1.29 is 13.7 Å². The van der Waals surface area contributed by atoms with Crippen LogP contribution in [0.5, 0.6) is 0 Å². The highest BCUT2D eigenvalue weighted by atomic mass is 19.1. The number of anilines is 1. The summed E-state index contributed by atoms with van der Waals surface area (Å²) in [4.78, 5) is 11.8. The fourth-order valence-corrected chi connectivity index (χ4v) is 2.07. The van der Waals surface area contributed by atoms with Gasteiger partial charge in [-0.1, -0.05) is 12.1 Å². The third-order valence-corrected chi connectivity index (χ3v) is 3.19. The second-order valence-electron chi connectivity index (χ2n) is 4.50. The Bertz CT molecular complexity index is 645. The number of benzene rings is 2. The summed E-state index contributed by atoms with van der Waals surface area (Å²) < 4.78 is 27.0. The zero-order valence-electron chi connectivity index (χ0n) is 11.4. The van der Waals surface area contributed by atoms with E-state index in [9.17, 15) is 18.9 Å². The molecule has 0 atom stereocenters. The Labute approximate surface area is 120 Å². The van der Waals surface area contributed by atoms with E-state index in [1.807, 2.05) is 11.8 Å². The molecule has 0 bridgehead atoms. The highest BCUT2D eigenvalue weighted by molar-refractivity contribution is 5.48. The number of hydrogen-bond donors (Lipinski definition) is 0. The maximum absolute atomic E-state index is 14.1. The maximum atomic E-state index is 14.1. The van der Waals surface area contributed by atoms with Crippen LogP contribution in [-0.2, 0) is 6.54 Å². The quantitative estimate of drug-likeness (QED) is 0.620.